The van der Waals surface area contributed by atoms with Gasteiger partial charge in [0.15, 0.2) is 5.65 Å². The second-order valence-corrected chi connectivity index (χ2v) is 6.29. The molecule has 7 nitrogen and oxygen atoms in total. The number of amides is 1. The van der Waals surface area contributed by atoms with Gasteiger partial charge in [0.2, 0.25) is 0 Å². The van der Waals surface area contributed by atoms with E-state index in [1.54, 1.807) is 26.2 Å². The first-order chi connectivity index (χ1) is 12.5. The number of aryl methyl sites for hydroxylation is 3. The lowest BCUT2D eigenvalue weighted by Gasteiger charge is -2.11. The summed E-state index contributed by atoms with van der Waals surface area (Å²) in [4.78, 5) is 33.9. The Morgan fingerprint density at radius 3 is 2.85 bits per heavy atom. The van der Waals surface area contributed by atoms with Crippen LogP contribution in [0.3, 0.4) is 0 Å². The molecule has 4 rings (SSSR count). The summed E-state index contributed by atoms with van der Waals surface area (Å²) in [5.74, 6) is -0.355. The van der Waals surface area contributed by atoms with E-state index in [-0.39, 0.29) is 16.9 Å². The normalized spacial score (nSPS) is 11.2. The standard InChI is InChI=1S/C19H17N5O2/c1-10-6-7-14(12-5-4-8-20-16(10)12)22-18(25)13-9-11(2)21-17-15(13)19(26)23-24(17)3/h4-9H,1-3H3,(H,22,25)(H,23,26). The maximum absolute atomic E-state index is 12.9. The average molecular weight is 347 g/mol. The highest BCUT2D eigenvalue weighted by molar-refractivity contribution is 6.14. The highest BCUT2D eigenvalue weighted by Crippen LogP contribution is 2.25. The molecule has 0 fully saturated rings. The molecule has 0 spiro atoms. The van der Waals surface area contributed by atoms with Gasteiger partial charge in [-0.25, -0.2) is 4.98 Å². The summed E-state index contributed by atoms with van der Waals surface area (Å²) >= 11 is 0. The highest BCUT2D eigenvalue weighted by atomic mass is 16.2. The Bertz CT molecular complexity index is 1240. The third kappa shape index (κ3) is 2.45. The van der Waals surface area contributed by atoms with E-state index in [2.05, 4.69) is 20.4 Å². The van der Waals surface area contributed by atoms with Crippen LogP contribution in [-0.2, 0) is 7.05 Å². The predicted molar refractivity (Wildman–Crippen MR) is 101 cm³/mol. The summed E-state index contributed by atoms with van der Waals surface area (Å²) in [7, 11) is 1.69. The average Bonchev–Trinajstić information content (AvgIpc) is 2.91. The van der Waals surface area contributed by atoms with Crippen molar-refractivity contribution in [2.75, 3.05) is 5.32 Å². The van der Waals surface area contributed by atoms with Crippen LogP contribution in [0.4, 0.5) is 5.69 Å². The van der Waals surface area contributed by atoms with Crippen molar-refractivity contribution >= 4 is 33.5 Å². The van der Waals surface area contributed by atoms with Crippen LogP contribution in [-0.4, -0.2) is 25.7 Å². The quantitative estimate of drug-likeness (QED) is 0.583. The number of nitrogens with one attached hydrogen (secondary N) is 2. The molecule has 0 aliphatic rings. The maximum Gasteiger partial charge on any atom is 0.274 e. The third-order valence-corrected chi connectivity index (χ3v) is 4.41. The fraction of sp³-hybridized carbons (Fsp3) is 0.158. The molecule has 7 heteroatoms. The smallest absolute Gasteiger partial charge is 0.274 e. The molecule has 0 unspecified atom stereocenters. The second-order valence-electron chi connectivity index (χ2n) is 6.29. The Morgan fingerprint density at radius 1 is 1.23 bits per heavy atom. The van der Waals surface area contributed by atoms with E-state index in [0.717, 1.165) is 16.5 Å². The summed E-state index contributed by atoms with van der Waals surface area (Å²) < 4.78 is 1.52. The first kappa shape index (κ1) is 16.0. The second kappa shape index (κ2) is 5.80. The largest absolute Gasteiger partial charge is 0.321 e. The Hall–Kier alpha value is -3.48. The molecule has 3 heterocycles. The van der Waals surface area contributed by atoms with Crippen LogP contribution in [0.15, 0.2) is 41.3 Å². The van der Waals surface area contributed by atoms with Crippen LogP contribution in [0, 0.1) is 13.8 Å². The van der Waals surface area contributed by atoms with E-state index in [4.69, 9.17) is 0 Å². The number of hydrogen-bond acceptors (Lipinski definition) is 4. The summed E-state index contributed by atoms with van der Waals surface area (Å²) in [5.41, 5.74) is 3.59. The van der Waals surface area contributed by atoms with E-state index < -0.39 is 0 Å². The molecule has 0 aliphatic carbocycles. The zero-order valence-electron chi connectivity index (χ0n) is 14.6. The van der Waals surface area contributed by atoms with Crippen molar-refractivity contribution in [2.24, 2.45) is 7.05 Å². The summed E-state index contributed by atoms with van der Waals surface area (Å²) in [6, 6.07) is 9.12. The van der Waals surface area contributed by atoms with Crippen molar-refractivity contribution in [1.82, 2.24) is 19.7 Å². The molecule has 0 bridgehead atoms. The van der Waals surface area contributed by atoms with Crippen LogP contribution < -0.4 is 10.9 Å². The summed E-state index contributed by atoms with van der Waals surface area (Å²) in [6.45, 7) is 3.76. The lowest BCUT2D eigenvalue weighted by Crippen LogP contribution is -2.16. The highest BCUT2D eigenvalue weighted by Gasteiger charge is 2.18. The van der Waals surface area contributed by atoms with Crippen LogP contribution in [0.1, 0.15) is 21.6 Å². The SMILES string of the molecule is Cc1cc(C(=O)Nc2ccc(C)c3ncccc23)c2c(=O)[nH]n(C)c2n1. The van der Waals surface area contributed by atoms with Gasteiger partial charge in [0.05, 0.1) is 22.2 Å². The van der Waals surface area contributed by atoms with Gasteiger partial charge in [0.25, 0.3) is 11.5 Å². The van der Waals surface area contributed by atoms with E-state index in [1.807, 2.05) is 31.2 Å². The minimum absolute atomic E-state index is 0.283. The number of nitrogens with zero attached hydrogens (tertiary/aromatic N) is 3. The molecule has 1 amide bonds. The number of anilines is 1. The molecule has 0 saturated carbocycles. The zero-order chi connectivity index (χ0) is 18.4. The Labute approximate surface area is 148 Å². The van der Waals surface area contributed by atoms with Crippen LogP contribution in [0.25, 0.3) is 21.9 Å². The van der Waals surface area contributed by atoms with Gasteiger partial charge < -0.3 is 5.32 Å². The Balaban J connectivity index is 1.85. The van der Waals surface area contributed by atoms with Crippen LogP contribution in [0.5, 0.6) is 0 Å². The number of pyridine rings is 2. The molecule has 26 heavy (non-hydrogen) atoms. The van der Waals surface area contributed by atoms with Gasteiger partial charge in [-0.05, 0) is 43.7 Å². The molecule has 2 N–H and O–H groups in total. The number of rotatable bonds is 2. The van der Waals surface area contributed by atoms with Gasteiger partial charge >= 0.3 is 0 Å². The molecule has 0 atom stereocenters. The molecule has 0 saturated heterocycles. The van der Waals surface area contributed by atoms with Gasteiger partial charge in [-0.15, -0.1) is 0 Å². The van der Waals surface area contributed by atoms with Gasteiger partial charge in [-0.3, -0.25) is 24.4 Å². The van der Waals surface area contributed by atoms with Crippen molar-refractivity contribution in [3.8, 4) is 0 Å². The summed E-state index contributed by atoms with van der Waals surface area (Å²) in [5, 5.41) is 6.70. The zero-order valence-corrected chi connectivity index (χ0v) is 14.6. The number of benzene rings is 1. The fourth-order valence-electron chi connectivity index (χ4n) is 3.18. The minimum Gasteiger partial charge on any atom is -0.321 e. The number of hydrogen-bond donors (Lipinski definition) is 2. The van der Waals surface area contributed by atoms with Crippen LogP contribution in [0.2, 0.25) is 0 Å². The molecular formula is C19H17N5O2. The van der Waals surface area contributed by atoms with E-state index in [9.17, 15) is 9.59 Å². The van der Waals surface area contributed by atoms with E-state index >= 15 is 0 Å². The molecule has 0 radical (unpaired) electrons. The lowest BCUT2D eigenvalue weighted by molar-refractivity contribution is 0.102. The number of aromatic nitrogens is 4. The number of carbonyl (C=O) groups is 1. The van der Waals surface area contributed by atoms with Crippen molar-refractivity contribution in [3.63, 3.8) is 0 Å². The molecule has 0 aliphatic heterocycles. The Morgan fingerprint density at radius 2 is 2.04 bits per heavy atom. The number of H-pyrrole nitrogens is 1. The predicted octanol–water partition coefficient (Wildman–Crippen LogP) is 2.68. The number of aromatic amines is 1. The molecular weight excluding hydrogens is 330 g/mol. The monoisotopic (exact) mass is 347 g/mol. The molecule has 1 aromatic carbocycles. The number of fused-ring (bicyclic) bond motifs is 2. The third-order valence-electron chi connectivity index (χ3n) is 4.41. The first-order valence-electron chi connectivity index (χ1n) is 8.18. The number of carbonyl (C=O) groups excluding carboxylic acids is 1. The first-order valence-corrected chi connectivity index (χ1v) is 8.18. The van der Waals surface area contributed by atoms with Gasteiger partial charge in [-0.2, -0.15) is 0 Å². The molecule has 130 valence electrons. The van der Waals surface area contributed by atoms with Crippen molar-refractivity contribution < 1.29 is 4.79 Å². The minimum atomic E-state index is -0.355. The molecule has 3 aromatic heterocycles. The van der Waals surface area contributed by atoms with Gasteiger partial charge in [0.1, 0.15) is 0 Å². The van der Waals surface area contributed by atoms with Crippen molar-refractivity contribution in [3.05, 3.63) is 63.7 Å². The van der Waals surface area contributed by atoms with Crippen molar-refractivity contribution in [2.45, 2.75) is 13.8 Å². The van der Waals surface area contributed by atoms with Crippen LogP contribution >= 0.6 is 0 Å². The maximum atomic E-state index is 12.9. The summed E-state index contributed by atoms with van der Waals surface area (Å²) in [6.07, 6.45) is 1.72. The van der Waals surface area contributed by atoms with E-state index in [0.29, 0.717) is 22.6 Å². The molecule has 4 aromatic rings. The lowest BCUT2D eigenvalue weighted by atomic mass is 10.1. The Kier molecular flexibility index (Phi) is 3.57. The van der Waals surface area contributed by atoms with E-state index in [1.165, 1.54) is 4.68 Å². The van der Waals surface area contributed by atoms with Gasteiger partial charge in [-0.1, -0.05) is 6.07 Å². The van der Waals surface area contributed by atoms with Gasteiger partial charge in [0, 0.05) is 24.3 Å². The fourth-order valence-corrected chi connectivity index (χ4v) is 3.18. The topological polar surface area (TPSA) is 92.7 Å². The van der Waals surface area contributed by atoms with Crippen molar-refractivity contribution in [1.29, 1.82) is 0 Å².